The Balaban J connectivity index is 1.84. The van der Waals surface area contributed by atoms with Crippen LogP contribution in [0.4, 0.5) is 17.6 Å². The van der Waals surface area contributed by atoms with E-state index in [1.54, 1.807) is 19.1 Å². The lowest BCUT2D eigenvalue weighted by molar-refractivity contribution is -0.136. The number of H-pyrrole nitrogens is 1. The van der Waals surface area contributed by atoms with Crippen LogP contribution in [0.15, 0.2) is 53.5 Å². The number of nitrogens with zero attached hydrogens (tertiary/aromatic N) is 2. The second-order valence-electron chi connectivity index (χ2n) is 9.09. The maximum absolute atomic E-state index is 14.1. The average molecular weight is 537 g/mol. The zero-order chi connectivity index (χ0) is 27.3. The van der Waals surface area contributed by atoms with Crippen LogP contribution in [0.2, 0.25) is 5.02 Å². The van der Waals surface area contributed by atoms with Gasteiger partial charge in [0.2, 0.25) is 0 Å². The highest BCUT2D eigenvalue weighted by Gasteiger charge is 2.42. The summed E-state index contributed by atoms with van der Waals surface area (Å²) >= 11 is 6.14. The van der Waals surface area contributed by atoms with E-state index in [1.807, 2.05) is 0 Å². The molecule has 7 nitrogen and oxygen atoms in total. The van der Waals surface area contributed by atoms with Gasteiger partial charge in [0.05, 0.1) is 23.5 Å². The van der Waals surface area contributed by atoms with Crippen molar-refractivity contribution in [3.05, 3.63) is 92.2 Å². The Morgan fingerprint density at radius 1 is 1.16 bits per heavy atom. The van der Waals surface area contributed by atoms with Crippen molar-refractivity contribution in [2.24, 2.45) is 0 Å². The van der Waals surface area contributed by atoms with Gasteiger partial charge in [-0.15, -0.1) is 0 Å². The van der Waals surface area contributed by atoms with Gasteiger partial charge in [0.15, 0.2) is 5.69 Å². The maximum Gasteiger partial charge on any atom is 0.421 e. The smallest absolute Gasteiger partial charge is 0.388 e. The largest absolute Gasteiger partial charge is 0.421 e. The first-order chi connectivity index (χ1) is 17.2. The number of nitrogens with one attached hydrogen (secondary N) is 2. The summed E-state index contributed by atoms with van der Waals surface area (Å²) in [7, 11) is 0. The van der Waals surface area contributed by atoms with Gasteiger partial charge in [0, 0.05) is 10.6 Å². The fourth-order valence-electron chi connectivity index (χ4n) is 3.94. The number of carbonyl (C=O) groups is 1. The fourth-order valence-corrected chi connectivity index (χ4v) is 4.12. The number of fused-ring (bicyclic) bond motifs is 1. The van der Waals surface area contributed by atoms with E-state index in [4.69, 9.17) is 11.6 Å². The van der Waals surface area contributed by atoms with Gasteiger partial charge in [-0.2, -0.15) is 18.3 Å². The van der Waals surface area contributed by atoms with Crippen LogP contribution in [0.3, 0.4) is 0 Å². The van der Waals surface area contributed by atoms with Gasteiger partial charge in [0.1, 0.15) is 16.9 Å². The summed E-state index contributed by atoms with van der Waals surface area (Å²) in [5, 5.41) is 17.1. The summed E-state index contributed by atoms with van der Waals surface area (Å²) in [6, 6.07) is 8.36. The molecule has 194 valence electrons. The number of aromatic amines is 1. The minimum atomic E-state index is -5.11. The van der Waals surface area contributed by atoms with Gasteiger partial charge in [0.25, 0.3) is 11.5 Å². The number of hydrogen-bond donors (Lipinski definition) is 3. The molecule has 0 fully saturated rings. The Morgan fingerprint density at radius 3 is 2.38 bits per heavy atom. The zero-order valence-electron chi connectivity index (χ0n) is 19.7. The number of aromatic nitrogens is 3. The Kier molecular flexibility index (Phi) is 6.63. The normalized spacial score (nSPS) is 13.1. The van der Waals surface area contributed by atoms with Gasteiger partial charge in [-0.3, -0.25) is 9.59 Å². The van der Waals surface area contributed by atoms with Crippen LogP contribution in [-0.2, 0) is 6.18 Å². The molecule has 4 rings (SSSR count). The molecule has 1 amide bonds. The predicted molar refractivity (Wildman–Crippen MR) is 129 cm³/mol. The third-order valence-electron chi connectivity index (χ3n) is 5.79. The molecule has 2 aromatic heterocycles. The molecule has 0 aliphatic carbocycles. The lowest BCUT2D eigenvalue weighted by Crippen LogP contribution is -2.42. The van der Waals surface area contributed by atoms with Crippen molar-refractivity contribution in [2.75, 3.05) is 0 Å². The van der Waals surface area contributed by atoms with E-state index in [2.05, 4.69) is 15.4 Å². The van der Waals surface area contributed by atoms with Crippen LogP contribution in [0.25, 0.3) is 16.8 Å². The van der Waals surface area contributed by atoms with Crippen LogP contribution in [0, 0.1) is 12.7 Å². The second-order valence-corrected chi connectivity index (χ2v) is 9.49. The summed E-state index contributed by atoms with van der Waals surface area (Å²) in [4.78, 5) is 28.3. The number of rotatable bonds is 5. The molecule has 0 spiro atoms. The van der Waals surface area contributed by atoms with Gasteiger partial charge in [-0.1, -0.05) is 35.9 Å². The molecule has 0 saturated heterocycles. The second kappa shape index (κ2) is 9.31. The van der Waals surface area contributed by atoms with Crippen molar-refractivity contribution in [2.45, 2.75) is 38.6 Å². The van der Waals surface area contributed by atoms with Crippen molar-refractivity contribution >= 4 is 23.0 Å². The summed E-state index contributed by atoms with van der Waals surface area (Å²) in [6.45, 7) is 4.43. The Hall–Kier alpha value is -3.70. The van der Waals surface area contributed by atoms with Crippen molar-refractivity contribution in [1.82, 2.24) is 19.9 Å². The number of aryl methyl sites for hydroxylation is 1. The number of benzene rings is 2. The zero-order valence-corrected chi connectivity index (χ0v) is 20.5. The van der Waals surface area contributed by atoms with Crippen molar-refractivity contribution in [1.29, 1.82) is 0 Å². The van der Waals surface area contributed by atoms with Gasteiger partial charge < -0.3 is 15.4 Å². The Labute approximate surface area is 212 Å². The molecule has 0 radical (unpaired) electrons. The third kappa shape index (κ3) is 5.23. The van der Waals surface area contributed by atoms with Gasteiger partial charge in [-0.25, -0.2) is 8.91 Å². The summed E-state index contributed by atoms with van der Waals surface area (Å²) in [5.74, 6) is -1.86. The number of carbonyl (C=O) groups excluding carboxylic acids is 1. The molecular weight excluding hydrogens is 516 g/mol. The number of alkyl halides is 3. The number of halogens is 5. The highest BCUT2D eigenvalue weighted by atomic mass is 35.5. The van der Waals surface area contributed by atoms with E-state index < -0.39 is 51.9 Å². The molecule has 4 aromatic rings. The van der Waals surface area contributed by atoms with Crippen molar-refractivity contribution in [3.63, 3.8) is 0 Å². The van der Waals surface area contributed by atoms with Crippen molar-refractivity contribution in [3.8, 4) is 11.3 Å². The van der Waals surface area contributed by atoms with Gasteiger partial charge in [-0.05, 0) is 50.1 Å². The minimum absolute atomic E-state index is 0.128. The summed E-state index contributed by atoms with van der Waals surface area (Å²) in [6.07, 6.45) is -3.96. The molecule has 3 N–H and O–H groups in total. The first-order valence-corrected chi connectivity index (χ1v) is 11.3. The van der Waals surface area contributed by atoms with Crippen LogP contribution in [0.1, 0.15) is 47.1 Å². The summed E-state index contributed by atoms with van der Waals surface area (Å²) in [5.41, 5.74) is -4.69. The monoisotopic (exact) mass is 536 g/mol. The lowest BCUT2D eigenvalue weighted by Gasteiger charge is -2.30. The van der Waals surface area contributed by atoms with E-state index >= 15 is 0 Å². The van der Waals surface area contributed by atoms with Crippen molar-refractivity contribution < 1.29 is 27.5 Å². The quantitative estimate of drug-likeness (QED) is 0.311. The third-order valence-corrected chi connectivity index (χ3v) is 6.20. The summed E-state index contributed by atoms with van der Waals surface area (Å²) < 4.78 is 56.4. The topological polar surface area (TPSA) is 99.5 Å². The molecule has 37 heavy (non-hydrogen) atoms. The van der Waals surface area contributed by atoms with Crippen LogP contribution >= 0.6 is 11.6 Å². The molecule has 0 aliphatic rings. The Bertz CT molecular complexity index is 1550. The molecule has 0 aliphatic heterocycles. The molecule has 0 saturated carbocycles. The van der Waals surface area contributed by atoms with E-state index in [0.717, 1.165) is 23.9 Å². The standard InChI is InChI=1S/C25H21ClF4N4O3/c1-12-4-5-14(10-16(12)26)17-11-34-20(23(36)31-17)18(25(28,29)30)19(33-34)22(35)32-21(24(2,3)37)13-6-8-15(27)9-7-13/h4-11,21,37H,1-3H3,(H,31,36)(H,32,35). The molecular formula is C25H21ClF4N4O3. The highest BCUT2D eigenvalue weighted by molar-refractivity contribution is 6.31. The molecule has 12 heteroatoms. The first kappa shape index (κ1) is 26.4. The van der Waals surface area contributed by atoms with Gasteiger partial charge >= 0.3 is 6.18 Å². The molecule has 1 atom stereocenters. The van der Waals surface area contributed by atoms with Crippen LogP contribution in [-0.4, -0.2) is 31.2 Å². The fraction of sp³-hybridized carbons (Fsp3) is 0.240. The minimum Gasteiger partial charge on any atom is -0.388 e. The molecule has 2 heterocycles. The number of amides is 1. The van der Waals surface area contributed by atoms with Crippen LogP contribution in [0.5, 0.6) is 0 Å². The molecule has 2 aromatic carbocycles. The molecule has 0 bridgehead atoms. The van der Waals surface area contributed by atoms with E-state index in [0.29, 0.717) is 15.1 Å². The number of hydrogen-bond acceptors (Lipinski definition) is 4. The molecule has 1 unspecified atom stereocenters. The first-order valence-electron chi connectivity index (χ1n) is 10.9. The Morgan fingerprint density at radius 2 is 1.81 bits per heavy atom. The van der Waals surface area contributed by atoms with E-state index in [1.165, 1.54) is 32.0 Å². The SMILES string of the molecule is Cc1ccc(-c2cn3nc(C(=O)NC(c4ccc(F)cc4)C(C)(C)O)c(C(F)(F)F)c3c(=O)[nH]2)cc1Cl. The lowest BCUT2D eigenvalue weighted by atomic mass is 9.91. The average Bonchev–Trinajstić information content (AvgIpc) is 3.20. The van der Waals surface area contributed by atoms with Crippen LogP contribution < -0.4 is 10.9 Å². The number of aliphatic hydroxyl groups is 1. The maximum atomic E-state index is 14.1. The van der Waals surface area contributed by atoms with E-state index in [9.17, 15) is 32.3 Å². The van der Waals surface area contributed by atoms with E-state index in [-0.39, 0.29) is 11.3 Å². The predicted octanol–water partition coefficient (Wildman–Crippen LogP) is 5.05. The highest BCUT2D eigenvalue weighted by Crippen LogP contribution is 2.35.